The second-order valence-electron chi connectivity index (χ2n) is 5.14. The standard InChI is InChI=1S/C14H20N2O4S/c1-3-20-12-8-7-10(9-13(12)21(15,18)19)14(17)16(2)11-5-4-6-11/h7-9,11H,3-6H2,1-2H3,(H2,15,18,19). The first kappa shape index (κ1) is 15.8. The Hall–Kier alpha value is -1.60. The van der Waals surface area contributed by atoms with Crippen LogP contribution >= 0.6 is 0 Å². The quantitative estimate of drug-likeness (QED) is 0.889. The molecule has 0 heterocycles. The van der Waals surface area contributed by atoms with Crippen molar-refractivity contribution in [2.45, 2.75) is 37.1 Å². The summed E-state index contributed by atoms with van der Waals surface area (Å²) in [6.07, 6.45) is 3.09. The number of benzene rings is 1. The summed E-state index contributed by atoms with van der Waals surface area (Å²) in [6, 6.07) is 4.57. The molecule has 2 rings (SSSR count). The van der Waals surface area contributed by atoms with Crippen LogP contribution in [0.25, 0.3) is 0 Å². The molecule has 0 spiro atoms. The number of rotatable bonds is 5. The lowest BCUT2D eigenvalue weighted by Crippen LogP contribution is -2.41. The lowest BCUT2D eigenvalue weighted by atomic mass is 9.91. The van der Waals surface area contributed by atoms with E-state index in [0.717, 1.165) is 19.3 Å². The Morgan fingerprint density at radius 2 is 2.10 bits per heavy atom. The van der Waals surface area contributed by atoms with Crippen molar-refractivity contribution in [3.8, 4) is 5.75 Å². The van der Waals surface area contributed by atoms with Gasteiger partial charge in [-0.3, -0.25) is 4.79 Å². The van der Waals surface area contributed by atoms with Crippen LogP contribution in [0.3, 0.4) is 0 Å². The molecule has 1 amide bonds. The van der Waals surface area contributed by atoms with Gasteiger partial charge in [0.1, 0.15) is 10.6 Å². The van der Waals surface area contributed by atoms with Crippen LogP contribution in [0, 0.1) is 0 Å². The molecule has 1 aliphatic rings. The first-order chi connectivity index (χ1) is 9.84. The van der Waals surface area contributed by atoms with Crippen molar-refractivity contribution in [3.63, 3.8) is 0 Å². The summed E-state index contributed by atoms with van der Waals surface area (Å²) in [5, 5.41) is 5.20. The Kier molecular flexibility index (Phi) is 4.53. The summed E-state index contributed by atoms with van der Waals surface area (Å²) < 4.78 is 28.5. The van der Waals surface area contributed by atoms with Gasteiger partial charge in [0, 0.05) is 18.7 Å². The average Bonchev–Trinajstić information content (AvgIpc) is 2.35. The molecule has 0 aromatic heterocycles. The van der Waals surface area contributed by atoms with E-state index < -0.39 is 10.0 Å². The zero-order valence-corrected chi connectivity index (χ0v) is 13.0. The van der Waals surface area contributed by atoms with Gasteiger partial charge in [-0.05, 0) is 44.4 Å². The molecule has 116 valence electrons. The van der Waals surface area contributed by atoms with Gasteiger partial charge >= 0.3 is 0 Å². The summed E-state index contributed by atoms with van der Waals surface area (Å²) in [5.41, 5.74) is 0.303. The Bertz CT molecular complexity index is 638. The summed E-state index contributed by atoms with van der Waals surface area (Å²) in [5.74, 6) is -0.0319. The molecular formula is C14H20N2O4S. The lowest BCUT2D eigenvalue weighted by Gasteiger charge is -2.34. The van der Waals surface area contributed by atoms with E-state index in [1.165, 1.54) is 12.1 Å². The molecule has 1 saturated carbocycles. The van der Waals surface area contributed by atoms with Gasteiger partial charge in [0.25, 0.3) is 5.91 Å². The van der Waals surface area contributed by atoms with Crippen LogP contribution in [0.5, 0.6) is 5.75 Å². The third-order valence-corrected chi connectivity index (χ3v) is 4.67. The van der Waals surface area contributed by atoms with Crippen molar-refractivity contribution in [1.29, 1.82) is 0 Å². The van der Waals surface area contributed by atoms with Crippen LogP contribution in [-0.4, -0.2) is 38.9 Å². The molecule has 2 N–H and O–H groups in total. The summed E-state index contributed by atoms with van der Waals surface area (Å²) in [7, 11) is -2.21. The summed E-state index contributed by atoms with van der Waals surface area (Å²) in [6.45, 7) is 2.06. The van der Waals surface area contributed by atoms with Gasteiger partial charge in [0.05, 0.1) is 6.61 Å². The normalized spacial score (nSPS) is 15.4. The van der Waals surface area contributed by atoms with E-state index in [4.69, 9.17) is 9.88 Å². The number of carbonyl (C=O) groups is 1. The fraction of sp³-hybridized carbons (Fsp3) is 0.500. The number of sulfonamides is 1. The summed E-state index contributed by atoms with van der Waals surface area (Å²) in [4.78, 5) is 13.9. The molecule has 0 unspecified atom stereocenters. The average molecular weight is 312 g/mol. The van der Waals surface area contributed by atoms with E-state index in [-0.39, 0.29) is 22.6 Å². The van der Waals surface area contributed by atoms with E-state index in [1.807, 2.05) is 0 Å². The van der Waals surface area contributed by atoms with Gasteiger partial charge in [0.15, 0.2) is 0 Å². The number of nitrogens with zero attached hydrogens (tertiary/aromatic N) is 1. The highest BCUT2D eigenvalue weighted by Crippen LogP contribution is 2.28. The Labute approximate surface area is 124 Å². The summed E-state index contributed by atoms with van der Waals surface area (Å²) >= 11 is 0. The van der Waals surface area contributed by atoms with Crippen LogP contribution in [0.15, 0.2) is 23.1 Å². The third kappa shape index (κ3) is 3.36. The minimum atomic E-state index is -3.94. The maximum atomic E-state index is 12.4. The van der Waals surface area contributed by atoms with E-state index in [2.05, 4.69) is 0 Å². The second-order valence-corrected chi connectivity index (χ2v) is 6.67. The number of ether oxygens (including phenoxy) is 1. The molecule has 6 nitrogen and oxygen atoms in total. The number of nitrogens with two attached hydrogens (primary N) is 1. The van der Waals surface area contributed by atoms with Crippen LogP contribution in [0.1, 0.15) is 36.5 Å². The van der Waals surface area contributed by atoms with Gasteiger partial charge in [-0.15, -0.1) is 0 Å². The fourth-order valence-electron chi connectivity index (χ4n) is 2.28. The monoisotopic (exact) mass is 312 g/mol. The molecule has 1 aliphatic carbocycles. The van der Waals surface area contributed by atoms with E-state index >= 15 is 0 Å². The molecule has 0 atom stereocenters. The predicted molar refractivity (Wildman–Crippen MR) is 78.7 cm³/mol. The number of carbonyl (C=O) groups excluding carboxylic acids is 1. The molecule has 0 saturated heterocycles. The second kappa shape index (κ2) is 6.03. The van der Waals surface area contributed by atoms with Crippen LogP contribution in [-0.2, 0) is 10.0 Å². The SMILES string of the molecule is CCOc1ccc(C(=O)N(C)C2CCC2)cc1S(N)(=O)=O. The first-order valence-electron chi connectivity index (χ1n) is 6.91. The predicted octanol–water partition coefficient (Wildman–Crippen LogP) is 1.36. The maximum absolute atomic E-state index is 12.4. The zero-order valence-electron chi connectivity index (χ0n) is 12.2. The van der Waals surface area contributed by atoms with E-state index in [0.29, 0.717) is 12.2 Å². The zero-order chi connectivity index (χ0) is 15.6. The van der Waals surface area contributed by atoms with Crippen LogP contribution < -0.4 is 9.88 Å². The molecule has 21 heavy (non-hydrogen) atoms. The van der Waals surface area contributed by atoms with Gasteiger partial charge in [-0.2, -0.15) is 0 Å². The molecule has 0 radical (unpaired) electrons. The molecule has 1 aromatic carbocycles. The van der Waals surface area contributed by atoms with Crippen molar-refractivity contribution < 1.29 is 17.9 Å². The Morgan fingerprint density at radius 3 is 2.57 bits per heavy atom. The van der Waals surface area contributed by atoms with Gasteiger partial charge in [-0.1, -0.05) is 0 Å². The topological polar surface area (TPSA) is 89.7 Å². The molecule has 7 heteroatoms. The largest absolute Gasteiger partial charge is 0.492 e. The van der Waals surface area contributed by atoms with E-state index in [1.54, 1.807) is 24.9 Å². The minimum Gasteiger partial charge on any atom is -0.492 e. The minimum absolute atomic E-state index is 0.155. The molecule has 1 fully saturated rings. The molecule has 0 bridgehead atoms. The number of amides is 1. The van der Waals surface area contributed by atoms with Crippen molar-refractivity contribution in [2.24, 2.45) is 5.14 Å². The number of hydrogen-bond donors (Lipinski definition) is 1. The van der Waals surface area contributed by atoms with Crippen molar-refractivity contribution >= 4 is 15.9 Å². The van der Waals surface area contributed by atoms with Crippen molar-refractivity contribution in [1.82, 2.24) is 4.90 Å². The number of primary sulfonamides is 1. The Balaban J connectivity index is 2.34. The van der Waals surface area contributed by atoms with Gasteiger partial charge in [0.2, 0.25) is 10.0 Å². The van der Waals surface area contributed by atoms with E-state index in [9.17, 15) is 13.2 Å². The van der Waals surface area contributed by atoms with Crippen molar-refractivity contribution in [2.75, 3.05) is 13.7 Å². The highest BCUT2D eigenvalue weighted by Gasteiger charge is 2.27. The third-order valence-electron chi connectivity index (χ3n) is 3.74. The highest BCUT2D eigenvalue weighted by molar-refractivity contribution is 7.89. The molecule has 1 aromatic rings. The molecular weight excluding hydrogens is 292 g/mol. The maximum Gasteiger partial charge on any atom is 0.253 e. The van der Waals surface area contributed by atoms with Crippen molar-refractivity contribution in [3.05, 3.63) is 23.8 Å². The molecule has 0 aliphatic heterocycles. The smallest absolute Gasteiger partial charge is 0.253 e. The van der Waals surface area contributed by atoms with Crippen LogP contribution in [0.2, 0.25) is 0 Å². The number of hydrogen-bond acceptors (Lipinski definition) is 4. The van der Waals surface area contributed by atoms with Crippen LogP contribution in [0.4, 0.5) is 0 Å². The van der Waals surface area contributed by atoms with Gasteiger partial charge in [-0.25, -0.2) is 13.6 Å². The fourth-order valence-corrected chi connectivity index (χ4v) is 2.98. The highest BCUT2D eigenvalue weighted by atomic mass is 32.2. The first-order valence-corrected chi connectivity index (χ1v) is 8.46. The van der Waals surface area contributed by atoms with Gasteiger partial charge < -0.3 is 9.64 Å². The lowest BCUT2D eigenvalue weighted by molar-refractivity contribution is 0.0651. The Morgan fingerprint density at radius 1 is 1.43 bits per heavy atom.